The summed E-state index contributed by atoms with van der Waals surface area (Å²) < 4.78 is 0. The molecular formula is C15H16N2O3. The predicted octanol–water partition coefficient (Wildman–Crippen LogP) is 2.35. The van der Waals surface area contributed by atoms with E-state index in [2.05, 4.69) is 0 Å². The van der Waals surface area contributed by atoms with Gasteiger partial charge in [0.1, 0.15) is 0 Å². The Bertz CT molecular complexity index is 641. The van der Waals surface area contributed by atoms with Crippen molar-refractivity contribution in [1.82, 2.24) is 0 Å². The number of benzene rings is 2. The molecule has 0 radical (unpaired) electrons. The monoisotopic (exact) mass is 272 g/mol. The van der Waals surface area contributed by atoms with Gasteiger partial charge in [-0.25, -0.2) is 0 Å². The van der Waals surface area contributed by atoms with Crippen molar-refractivity contribution in [2.75, 3.05) is 17.2 Å². The fourth-order valence-corrected chi connectivity index (χ4v) is 2.01. The van der Waals surface area contributed by atoms with Crippen molar-refractivity contribution in [3.63, 3.8) is 0 Å². The van der Waals surface area contributed by atoms with E-state index in [0.29, 0.717) is 17.9 Å². The third-order valence-electron chi connectivity index (χ3n) is 3.03. The maximum absolute atomic E-state index is 12.5. The van der Waals surface area contributed by atoms with E-state index < -0.39 is 11.7 Å². The second-order valence-corrected chi connectivity index (χ2v) is 4.28. The molecule has 0 spiro atoms. The molecule has 20 heavy (non-hydrogen) atoms. The highest BCUT2D eigenvalue weighted by atomic mass is 16.3. The van der Waals surface area contributed by atoms with E-state index in [1.165, 1.54) is 23.1 Å². The summed E-state index contributed by atoms with van der Waals surface area (Å²) in [6.45, 7) is 2.20. The summed E-state index contributed by atoms with van der Waals surface area (Å²) in [7, 11) is 0. The molecule has 4 N–H and O–H groups in total. The fraction of sp³-hybridized carbons (Fsp3) is 0.133. The third kappa shape index (κ3) is 2.38. The van der Waals surface area contributed by atoms with Crippen LogP contribution in [0.2, 0.25) is 0 Å². The number of amides is 1. The topological polar surface area (TPSA) is 86.8 Å². The zero-order valence-electron chi connectivity index (χ0n) is 11.1. The maximum Gasteiger partial charge on any atom is 0.262 e. The molecule has 0 saturated heterocycles. The summed E-state index contributed by atoms with van der Waals surface area (Å²) in [5.41, 5.74) is 6.96. The molecule has 0 bridgehead atoms. The van der Waals surface area contributed by atoms with E-state index >= 15 is 0 Å². The Kier molecular flexibility index (Phi) is 3.79. The Morgan fingerprint density at radius 3 is 2.50 bits per heavy atom. The lowest BCUT2D eigenvalue weighted by molar-refractivity contribution is 0.0985. The van der Waals surface area contributed by atoms with Crippen molar-refractivity contribution < 1.29 is 15.0 Å². The Morgan fingerprint density at radius 2 is 1.85 bits per heavy atom. The van der Waals surface area contributed by atoms with Crippen molar-refractivity contribution >= 4 is 17.3 Å². The van der Waals surface area contributed by atoms with E-state index in [4.69, 9.17) is 5.73 Å². The van der Waals surface area contributed by atoms with Gasteiger partial charge in [0.15, 0.2) is 11.5 Å². The molecular weight excluding hydrogens is 256 g/mol. The van der Waals surface area contributed by atoms with Gasteiger partial charge in [-0.3, -0.25) is 4.79 Å². The first-order chi connectivity index (χ1) is 9.56. The number of para-hydroxylation sites is 3. The molecule has 2 rings (SSSR count). The van der Waals surface area contributed by atoms with Crippen molar-refractivity contribution in [3.05, 3.63) is 48.0 Å². The normalized spacial score (nSPS) is 10.2. The minimum atomic E-state index is -0.426. The number of nitrogen functional groups attached to an aromatic ring is 1. The number of nitrogens with zero attached hydrogens (tertiary/aromatic N) is 1. The first kappa shape index (κ1) is 13.7. The van der Waals surface area contributed by atoms with Gasteiger partial charge in [0, 0.05) is 6.54 Å². The van der Waals surface area contributed by atoms with Crippen LogP contribution in [0.5, 0.6) is 11.5 Å². The fourth-order valence-electron chi connectivity index (χ4n) is 2.01. The molecule has 0 aromatic heterocycles. The van der Waals surface area contributed by atoms with Crippen LogP contribution in [-0.4, -0.2) is 22.7 Å². The number of hydrogen-bond acceptors (Lipinski definition) is 4. The van der Waals surface area contributed by atoms with Crippen molar-refractivity contribution in [1.29, 1.82) is 0 Å². The zero-order chi connectivity index (χ0) is 14.7. The van der Waals surface area contributed by atoms with Crippen LogP contribution in [0.3, 0.4) is 0 Å². The van der Waals surface area contributed by atoms with E-state index in [1.807, 2.05) is 6.92 Å². The first-order valence-corrected chi connectivity index (χ1v) is 6.23. The lowest BCUT2D eigenvalue weighted by Crippen LogP contribution is -2.31. The van der Waals surface area contributed by atoms with Gasteiger partial charge < -0.3 is 20.8 Å². The highest BCUT2D eigenvalue weighted by Gasteiger charge is 2.21. The third-order valence-corrected chi connectivity index (χ3v) is 3.03. The maximum atomic E-state index is 12.5. The molecule has 0 aliphatic carbocycles. The number of hydrogen-bond donors (Lipinski definition) is 3. The number of phenolic OH excluding ortho intramolecular Hbond substituents is 2. The van der Waals surface area contributed by atoms with E-state index in [9.17, 15) is 15.0 Å². The number of phenols is 2. The van der Waals surface area contributed by atoms with Crippen LogP contribution in [0.25, 0.3) is 0 Å². The largest absolute Gasteiger partial charge is 0.504 e. The summed E-state index contributed by atoms with van der Waals surface area (Å²) in [6.07, 6.45) is 0. The molecule has 0 fully saturated rings. The van der Waals surface area contributed by atoms with E-state index in [1.54, 1.807) is 24.3 Å². The average molecular weight is 272 g/mol. The Hall–Kier alpha value is -2.69. The van der Waals surface area contributed by atoms with Gasteiger partial charge in [-0.05, 0) is 31.2 Å². The molecule has 5 nitrogen and oxygen atoms in total. The summed E-state index contributed by atoms with van der Waals surface area (Å²) in [4.78, 5) is 13.9. The SMILES string of the molecule is CCN(C(=O)c1cccc(O)c1O)c1ccccc1N. The number of aromatic hydroxyl groups is 2. The lowest BCUT2D eigenvalue weighted by atomic mass is 10.1. The molecule has 0 unspecified atom stereocenters. The second kappa shape index (κ2) is 5.52. The quantitative estimate of drug-likeness (QED) is 0.591. The summed E-state index contributed by atoms with van der Waals surface area (Å²) in [6, 6.07) is 11.3. The van der Waals surface area contributed by atoms with Crippen LogP contribution in [0, 0.1) is 0 Å². The summed E-state index contributed by atoms with van der Waals surface area (Å²) in [5, 5.41) is 19.3. The van der Waals surface area contributed by atoms with Gasteiger partial charge in [-0.1, -0.05) is 18.2 Å². The van der Waals surface area contributed by atoms with Gasteiger partial charge in [0.25, 0.3) is 5.91 Å². The Morgan fingerprint density at radius 1 is 1.15 bits per heavy atom. The zero-order valence-corrected chi connectivity index (χ0v) is 11.1. The highest BCUT2D eigenvalue weighted by Crippen LogP contribution is 2.31. The lowest BCUT2D eigenvalue weighted by Gasteiger charge is -2.23. The van der Waals surface area contributed by atoms with Crippen molar-refractivity contribution in [2.24, 2.45) is 0 Å². The van der Waals surface area contributed by atoms with Gasteiger partial charge in [0.05, 0.1) is 16.9 Å². The van der Waals surface area contributed by atoms with Crippen LogP contribution >= 0.6 is 0 Å². The van der Waals surface area contributed by atoms with Crippen LogP contribution < -0.4 is 10.6 Å². The molecule has 2 aromatic carbocycles. The molecule has 2 aromatic rings. The molecule has 0 aliphatic heterocycles. The van der Waals surface area contributed by atoms with E-state index in [-0.39, 0.29) is 11.3 Å². The Balaban J connectivity index is 2.45. The number of anilines is 2. The number of rotatable bonds is 3. The van der Waals surface area contributed by atoms with Crippen LogP contribution in [0.1, 0.15) is 17.3 Å². The minimum Gasteiger partial charge on any atom is -0.504 e. The van der Waals surface area contributed by atoms with Gasteiger partial charge in [-0.2, -0.15) is 0 Å². The molecule has 0 aliphatic rings. The average Bonchev–Trinajstić information content (AvgIpc) is 2.44. The van der Waals surface area contributed by atoms with Gasteiger partial charge >= 0.3 is 0 Å². The molecule has 0 heterocycles. The van der Waals surface area contributed by atoms with Crippen LogP contribution in [0.4, 0.5) is 11.4 Å². The number of carbonyl (C=O) groups excluding carboxylic acids is 1. The Labute approximate surface area is 116 Å². The summed E-state index contributed by atoms with van der Waals surface area (Å²) >= 11 is 0. The molecule has 104 valence electrons. The first-order valence-electron chi connectivity index (χ1n) is 6.23. The second-order valence-electron chi connectivity index (χ2n) is 4.28. The van der Waals surface area contributed by atoms with Crippen molar-refractivity contribution in [2.45, 2.75) is 6.92 Å². The summed E-state index contributed by atoms with van der Waals surface area (Å²) in [5.74, 6) is -1.17. The molecule has 5 heteroatoms. The number of carbonyl (C=O) groups is 1. The molecule has 0 atom stereocenters. The van der Waals surface area contributed by atoms with Crippen LogP contribution in [0.15, 0.2) is 42.5 Å². The molecule has 0 saturated carbocycles. The standard InChI is InChI=1S/C15H16N2O3/c1-2-17(12-8-4-3-7-11(12)16)15(20)10-6-5-9-13(18)14(10)19/h3-9,18-19H,2,16H2,1H3. The smallest absolute Gasteiger partial charge is 0.262 e. The minimum absolute atomic E-state index is 0.0371. The number of nitrogens with two attached hydrogens (primary N) is 1. The van der Waals surface area contributed by atoms with E-state index in [0.717, 1.165) is 0 Å². The molecule has 1 amide bonds. The highest BCUT2D eigenvalue weighted by molar-refractivity contribution is 6.09. The predicted molar refractivity (Wildman–Crippen MR) is 78.0 cm³/mol. The van der Waals surface area contributed by atoms with Gasteiger partial charge in [-0.15, -0.1) is 0 Å². The van der Waals surface area contributed by atoms with Gasteiger partial charge in [0.2, 0.25) is 0 Å². The van der Waals surface area contributed by atoms with Crippen molar-refractivity contribution in [3.8, 4) is 11.5 Å². The van der Waals surface area contributed by atoms with Crippen LogP contribution in [-0.2, 0) is 0 Å².